The van der Waals surface area contributed by atoms with Crippen LogP contribution in [0.25, 0.3) is 10.9 Å². The van der Waals surface area contributed by atoms with E-state index in [0.29, 0.717) is 3.97 Å². The topological polar surface area (TPSA) is 106 Å². The Kier molecular flexibility index (Phi) is 6.93. The number of hydrogen-bond donors (Lipinski definition) is 2. The van der Waals surface area contributed by atoms with Gasteiger partial charge >= 0.3 is 12.3 Å². The fourth-order valence-electron chi connectivity index (χ4n) is 3.93. The fraction of sp³-hybridized carbons (Fsp3) is 0.125. The molecule has 2 N–H and O–H groups in total. The zero-order valence-electron chi connectivity index (χ0n) is 18.6. The first kappa shape index (κ1) is 26.8. The summed E-state index contributed by atoms with van der Waals surface area (Å²) in [7, 11) is -4.52. The van der Waals surface area contributed by atoms with Crippen molar-refractivity contribution in [1.82, 2.24) is 3.97 Å². The molecule has 0 spiro atoms. The number of rotatable bonds is 6. The minimum absolute atomic E-state index is 0.158. The molecule has 7 nitrogen and oxygen atoms in total. The van der Waals surface area contributed by atoms with Crippen molar-refractivity contribution in [2.45, 2.75) is 24.3 Å². The lowest BCUT2D eigenvalue weighted by atomic mass is 10.0. The molecule has 0 radical (unpaired) electrons. The number of nitrogens with zero attached hydrogens (tertiary/aromatic N) is 1. The van der Waals surface area contributed by atoms with Gasteiger partial charge in [-0.1, -0.05) is 41.4 Å². The van der Waals surface area contributed by atoms with Crippen LogP contribution in [-0.2, 0) is 10.0 Å². The Morgan fingerprint density at radius 2 is 1.70 bits per heavy atom. The van der Waals surface area contributed by atoms with E-state index in [0.717, 1.165) is 18.2 Å². The van der Waals surface area contributed by atoms with Crippen molar-refractivity contribution in [3.8, 4) is 5.75 Å². The second-order valence-corrected chi connectivity index (χ2v) is 10.5. The number of aliphatic hydroxyl groups excluding tert-OH is 1. The van der Waals surface area contributed by atoms with E-state index in [4.69, 9.17) is 23.2 Å². The Labute approximate surface area is 218 Å². The molecule has 4 rings (SSSR count). The summed E-state index contributed by atoms with van der Waals surface area (Å²) in [6.45, 7) is 1.44. The van der Waals surface area contributed by atoms with E-state index in [1.165, 1.54) is 43.3 Å². The largest absolute Gasteiger partial charge is 0.573 e. The molecule has 1 unspecified atom stereocenters. The van der Waals surface area contributed by atoms with Crippen molar-refractivity contribution in [1.29, 1.82) is 0 Å². The first-order valence-electron chi connectivity index (χ1n) is 10.3. The lowest BCUT2D eigenvalue weighted by Gasteiger charge is -2.19. The molecule has 3 aromatic carbocycles. The van der Waals surface area contributed by atoms with E-state index in [9.17, 15) is 36.6 Å². The summed E-state index contributed by atoms with van der Waals surface area (Å²) in [6, 6.07) is 12.5. The van der Waals surface area contributed by atoms with Crippen molar-refractivity contribution < 1.29 is 41.3 Å². The van der Waals surface area contributed by atoms with Crippen LogP contribution in [0.4, 0.5) is 13.2 Å². The van der Waals surface area contributed by atoms with Gasteiger partial charge in [-0.15, -0.1) is 13.2 Å². The van der Waals surface area contributed by atoms with Crippen molar-refractivity contribution >= 4 is 50.1 Å². The Hall–Kier alpha value is -3.25. The van der Waals surface area contributed by atoms with Gasteiger partial charge in [0.2, 0.25) is 0 Å². The number of hydrogen-bond acceptors (Lipinski definition) is 5. The number of carboxylic acid groups (broad SMARTS) is 1. The van der Waals surface area contributed by atoms with Crippen LogP contribution in [0.2, 0.25) is 10.0 Å². The van der Waals surface area contributed by atoms with E-state index >= 15 is 0 Å². The number of aromatic nitrogens is 1. The van der Waals surface area contributed by atoms with Crippen LogP contribution in [0.3, 0.4) is 0 Å². The van der Waals surface area contributed by atoms with Gasteiger partial charge in [0, 0.05) is 22.0 Å². The van der Waals surface area contributed by atoms with Gasteiger partial charge < -0.3 is 14.9 Å². The Morgan fingerprint density at radius 3 is 2.30 bits per heavy atom. The predicted molar refractivity (Wildman–Crippen MR) is 130 cm³/mol. The highest BCUT2D eigenvalue weighted by molar-refractivity contribution is 7.90. The average Bonchev–Trinajstić information content (AvgIpc) is 3.19. The highest BCUT2D eigenvalue weighted by Gasteiger charge is 2.34. The second-order valence-electron chi connectivity index (χ2n) is 7.90. The van der Waals surface area contributed by atoms with E-state index in [1.807, 2.05) is 0 Å². The number of benzene rings is 3. The molecular formula is C24H16Cl2F3NO6S. The quantitative estimate of drug-likeness (QED) is 0.285. The molecule has 0 aliphatic rings. The zero-order chi connectivity index (χ0) is 27.3. The Bertz CT molecular complexity index is 1640. The summed E-state index contributed by atoms with van der Waals surface area (Å²) in [5.74, 6) is -2.09. The van der Waals surface area contributed by atoms with Gasteiger partial charge in [0.15, 0.2) is 0 Å². The summed E-state index contributed by atoms with van der Waals surface area (Å²) in [5.41, 5.74) is -1.04. The van der Waals surface area contributed by atoms with Gasteiger partial charge in [0.1, 0.15) is 11.9 Å². The van der Waals surface area contributed by atoms with Crippen molar-refractivity contribution in [2.24, 2.45) is 0 Å². The van der Waals surface area contributed by atoms with Crippen molar-refractivity contribution in [3.05, 3.63) is 93.1 Å². The standard InChI is InChI=1S/C24H16Cl2F3NO6S/c1-12-9-13(36-24(27,28)29)10-18-16(12)11-19(30(18)37(34,35)14-5-3-2-4-6-14)22(31)20-17(25)8-7-15(21(20)26)23(32)33/h2-11,22,31H,1H3,(H,32,33). The molecule has 4 aromatic rings. The van der Waals surface area contributed by atoms with Gasteiger partial charge in [-0.3, -0.25) is 0 Å². The fourth-order valence-corrected chi connectivity index (χ4v) is 6.14. The molecule has 0 amide bonds. The number of fused-ring (bicyclic) bond motifs is 1. The molecule has 194 valence electrons. The van der Waals surface area contributed by atoms with Crippen molar-refractivity contribution in [3.63, 3.8) is 0 Å². The summed E-state index contributed by atoms with van der Waals surface area (Å²) in [6.07, 6.45) is -6.94. The summed E-state index contributed by atoms with van der Waals surface area (Å²) in [5, 5.41) is 20.4. The summed E-state index contributed by atoms with van der Waals surface area (Å²) < 4.78 is 71.0. The lowest BCUT2D eigenvalue weighted by molar-refractivity contribution is -0.274. The molecule has 0 aliphatic heterocycles. The molecule has 0 fully saturated rings. The number of alkyl halides is 3. The number of carbonyl (C=O) groups is 1. The maximum absolute atomic E-state index is 13.7. The highest BCUT2D eigenvalue weighted by Crippen LogP contribution is 2.41. The number of aryl methyl sites for hydroxylation is 1. The minimum Gasteiger partial charge on any atom is -0.478 e. The molecule has 1 atom stereocenters. The maximum Gasteiger partial charge on any atom is 0.573 e. The van der Waals surface area contributed by atoms with E-state index in [2.05, 4.69) is 4.74 Å². The average molecular weight is 574 g/mol. The molecule has 13 heteroatoms. The number of halogens is 5. The van der Waals surface area contributed by atoms with Gasteiger partial charge in [-0.05, 0) is 48.9 Å². The molecule has 0 bridgehead atoms. The van der Waals surface area contributed by atoms with Crippen LogP contribution < -0.4 is 4.74 Å². The number of ether oxygens (including phenoxy) is 1. The molecule has 0 saturated heterocycles. The zero-order valence-corrected chi connectivity index (χ0v) is 21.0. The maximum atomic E-state index is 13.7. The number of carboxylic acids is 1. The van der Waals surface area contributed by atoms with Crippen LogP contribution in [0.15, 0.2) is 65.6 Å². The first-order chi connectivity index (χ1) is 17.2. The molecule has 37 heavy (non-hydrogen) atoms. The third-order valence-corrected chi connectivity index (χ3v) is 8.00. The third kappa shape index (κ3) is 4.99. The SMILES string of the molecule is Cc1cc(OC(F)(F)F)cc2c1cc(C(O)c1c(Cl)ccc(C(=O)O)c1Cl)n2S(=O)(=O)c1ccccc1. The minimum atomic E-state index is -5.05. The molecule has 1 heterocycles. The van der Waals surface area contributed by atoms with E-state index in [-0.39, 0.29) is 37.6 Å². The number of aromatic carboxylic acids is 1. The van der Waals surface area contributed by atoms with Crippen LogP contribution in [0.5, 0.6) is 5.75 Å². The molecular weight excluding hydrogens is 558 g/mol. The number of aliphatic hydroxyl groups is 1. The van der Waals surface area contributed by atoms with E-state index < -0.39 is 44.8 Å². The highest BCUT2D eigenvalue weighted by atomic mass is 35.5. The van der Waals surface area contributed by atoms with Crippen LogP contribution >= 0.6 is 23.2 Å². The molecule has 1 aromatic heterocycles. The first-order valence-corrected chi connectivity index (χ1v) is 12.5. The second kappa shape index (κ2) is 9.56. The van der Waals surface area contributed by atoms with Crippen LogP contribution in [0.1, 0.15) is 33.3 Å². The normalized spacial score (nSPS) is 13.1. The van der Waals surface area contributed by atoms with E-state index in [1.54, 1.807) is 6.07 Å². The van der Waals surface area contributed by atoms with Crippen LogP contribution in [0, 0.1) is 6.92 Å². The molecule has 0 saturated carbocycles. The Morgan fingerprint density at radius 1 is 1.05 bits per heavy atom. The summed E-state index contributed by atoms with van der Waals surface area (Å²) in [4.78, 5) is 11.4. The molecule has 0 aliphatic carbocycles. The van der Waals surface area contributed by atoms with Crippen molar-refractivity contribution in [2.75, 3.05) is 0 Å². The van der Waals surface area contributed by atoms with Gasteiger partial charge in [-0.2, -0.15) is 0 Å². The smallest absolute Gasteiger partial charge is 0.478 e. The van der Waals surface area contributed by atoms with Gasteiger partial charge in [0.25, 0.3) is 10.0 Å². The monoisotopic (exact) mass is 573 g/mol. The lowest BCUT2D eigenvalue weighted by Crippen LogP contribution is -2.19. The van der Waals surface area contributed by atoms with Gasteiger partial charge in [0.05, 0.1) is 26.7 Å². The van der Waals surface area contributed by atoms with Gasteiger partial charge in [-0.25, -0.2) is 17.2 Å². The predicted octanol–water partition coefficient (Wildman–Crippen LogP) is 6.17. The summed E-state index contributed by atoms with van der Waals surface area (Å²) >= 11 is 12.5. The Balaban J connectivity index is 2.07. The third-order valence-electron chi connectivity index (χ3n) is 5.51. The van der Waals surface area contributed by atoms with Crippen LogP contribution in [-0.4, -0.2) is 34.9 Å².